The van der Waals surface area contributed by atoms with Crippen LogP contribution in [0.15, 0.2) is 27.6 Å². The van der Waals surface area contributed by atoms with E-state index in [1.807, 2.05) is 6.92 Å². The molecule has 1 aromatic rings. The van der Waals surface area contributed by atoms with E-state index >= 15 is 0 Å². The molecule has 3 nitrogen and oxygen atoms in total. The van der Waals surface area contributed by atoms with E-state index in [0.717, 1.165) is 5.56 Å². The molecule has 78 valence electrons. The van der Waals surface area contributed by atoms with Crippen molar-refractivity contribution in [3.05, 3.63) is 28.2 Å². The Labute approximate surface area is 91.8 Å². The van der Waals surface area contributed by atoms with Crippen molar-refractivity contribution in [2.45, 2.75) is 11.8 Å². The Balaban J connectivity index is 3.20. The highest BCUT2D eigenvalue weighted by Gasteiger charge is 2.16. The zero-order valence-corrected chi connectivity index (χ0v) is 10.1. The van der Waals surface area contributed by atoms with Crippen LogP contribution < -0.4 is 0 Å². The third kappa shape index (κ3) is 2.56. The van der Waals surface area contributed by atoms with Crippen molar-refractivity contribution in [3.63, 3.8) is 0 Å². The summed E-state index contributed by atoms with van der Waals surface area (Å²) in [5.41, 5.74) is 0.986. The largest absolute Gasteiger partial charge is 0.395 e. The Bertz CT molecular complexity index is 426. The number of halogens is 1. The van der Waals surface area contributed by atoms with Crippen LogP contribution in [0.2, 0.25) is 0 Å². The van der Waals surface area contributed by atoms with Crippen LogP contribution in [0.3, 0.4) is 0 Å². The number of aryl methyl sites for hydroxylation is 1. The van der Waals surface area contributed by atoms with E-state index in [9.17, 15) is 8.42 Å². The van der Waals surface area contributed by atoms with Gasteiger partial charge in [0.2, 0.25) is 0 Å². The van der Waals surface area contributed by atoms with Gasteiger partial charge in [0.1, 0.15) is 0 Å². The molecule has 0 amide bonds. The molecule has 0 aliphatic carbocycles. The third-order valence-corrected chi connectivity index (χ3v) is 4.45. The maximum atomic E-state index is 11.6. The molecule has 1 aromatic carbocycles. The molecule has 1 N–H and O–H groups in total. The standard InChI is InChI=1S/C9H11BrO3S/c1-7-2-3-9(8(10)6-7)14(12,13)5-4-11/h2-3,6,11H,4-5H2,1H3. The Kier molecular flexibility index (Phi) is 3.69. The summed E-state index contributed by atoms with van der Waals surface area (Å²) in [6.07, 6.45) is 0. The highest BCUT2D eigenvalue weighted by Crippen LogP contribution is 2.23. The first-order valence-corrected chi connectivity index (χ1v) is 6.51. The maximum absolute atomic E-state index is 11.6. The minimum Gasteiger partial charge on any atom is -0.395 e. The van der Waals surface area contributed by atoms with Gasteiger partial charge in [0.25, 0.3) is 0 Å². The summed E-state index contributed by atoms with van der Waals surface area (Å²) in [4.78, 5) is 0.233. The summed E-state index contributed by atoms with van der Waals surface area (Å²) in [6, 6.07) is 5.02. The van der Waals surface area contributed by atoms with Crippen molar-refractivity contribution in [1.29, 1.82) is 0 Å². The Morgan fingerprint density at radius 2 is 2.07 bits per heavy atom. The first-order chi connectivity index (χ1) is 6.47. The molecule has 0 heterocycles. The normalized spacial score (nSPS) is 11.6. The summed E-state index contributed by atoms with van der Waals surface area (Å²) in [5.74, 6) is -0.241. The molecule has 14 heavy (non-hydrogen) atoms. The van der Waals surface area contributed by atoms with Gasteiger partial charge in [-0.15, -0.1) is 0 Å². The maximum Gasteiger partial charge on any atom is 0.181 e. The lowest BCUT2D eigenvalue weighted by molar-refractivity contribution is 0.319. The van der Waals surface area contributed by atoms with E-state index in [-0.39, 0.29) is 17.3 Å². The molecule has 5 heteroatoms. The second-order valence-electron chi connectivity index (χ2n) is 2.98. The molecule has 0 aliphatic rings. The number of aliphatic hydroxyl groups excluding tert-OH is 1. The van der Waals surface area contributed by atoms with Gasteiger partial charge in [0.15, 0.2) is 9.84 Å². The molecule has 0 unspecified atom stereocenters. The van der Waals surface area contributed by atoms with Crippen molar-refractivity contribution in [3.8, 4) is 0 Å². The number of rotatable bonds is 3. The smallest absolute Gasteiger partial charge is 0.181 e. The van der Waals surface area contributed by atoms with Crippen LogP contribution in [0.1, 0.15) is 5.56 Å². The van der Waals surface area contributed by atoms with Crippen molar-refractivity contribution < 1.29 is 13.5 Å². The molecule has 0 bridgehead atoms. The predicted molar refractivity (Wildman–Crippen MR) is 58.0 cm³/mol. The van der Waals surface area contributed by atoms with Crippen molar-refractivity contribution in [2.75, 3.05) is 12.4 Å². The lowest BCUT2D eigenvalue weighted by Gasteiger charge is -2.05. The number of hydrogen-bond acceptors (Lipinski definition) is 3. The molecule has 0 spiro atoms. The van der Waals surface area contributed by atoms with Crippen molar-refractivity contribution >= 4 is 25.8 Å². The van der Waals surface area contributed by atoms with E-state index < -0.39 is 9.84 Å². The average Bonchev–Trinajstić information content (AvgIpc) is 2.02. The van der Waals surface area contributed by atoms with E-state index in [2.05, 4.69) is 15.9 Å². The summed E-state index contributed by atoms with van der Waals surface area (Å²) < 4.78 is 23.7. The van der Waals surface area contributed by atoms with Crippen LogP contribution in [0.25, 0.3) is 0 Å². The van der Waals surface area contributed by atoms with Crippen LogP contribution >= 0.6 is 15.9 Å². The minimum atomic E-state index is -3.35. The highest BCUT2D eigenvalue weighted by molar-refractivity contribution is 9.10. The van der Waals surface area contributed by atoms with Crippen LogP contribution in [-0.4, -0.2) is 25.9 Å². The fraction of sp³-hybridized carbons (Fsp3) is 0.333. The second-order valence-corrected chi connectivity index (χ2v) is 5.91. The predicted octanol–water partition coefficient (Wildman–Crippen LogP) is 1.52. The van der Waals surface area contributed by atoms with Gasteiger partial charge in [-0.3, -0.25) is 0 Å². The SMILES string of the molecule is Cc1ccc(S(=O)(=O)CCO)c(Br)c1. The Morgan fingerprint density at radius 1 is 1.43 bits per heavy atom. The van der Waals surface area contributed by atoms with E-state index in [1.165, 1.54) is 0 Å². The number of sulfone groups is 1. The van der Waals surface area contributed by atoms with E-state index in [0.29, 0.717) is 4.47 Å². The third-order valence-electron chi connectivity index (χ3n) is 1.78. The molecule has 0 saturated heterocycles. The fourth-order valence-electron chi connectivity index (χ4n) is 1.09. The first kappa shape index (κ1) is 11.7. The molecule has 1 rings (SSSR count). The van der Waals surface area contributed by atoms with Gasteiger partial charge < -0.3 is 5.11 Å². The lowest BCUT2D eigenvalue weighted by Crippen LogP contribution is -2.10. The molecule has 0 aliphatic heterocycles. The van der Waals surface area contributed by atoms with Gasteiger partial charge in [0, 0.05) is 4.47 Å². The summed E-state index contributed by atoms with van der Waals surface area (Å²) >= 11 is 3.19. The Hall–Kier alpha value is -0.390. The number of benzene rings is 1. The number of aliphatic hydroxyl groups is 1. The van der Waals surface area contributed by atoms with E-state index in [4.69, 9.17) is 5.11 Å². The van der Waals surface area contributed by atoms with Crippen LogP contribution in [-0.2, 0) is 9.84 Å². The first-order valence-electron chi connectivity index (χ1n) is 4.07. The Morgan fingerprint density at radius 3 is 2.57 bits per heavy atom. The van der Waals surface area contributed by atoms with E-state index in [1.54, 1.807) is 18.2 Å². The number of hydrogen-bond donors (Lipinski definition) is 1. The minimum absolute atomic E-state index is 0.233. The van der Waals surface area contributed by atoms with Gasteiger partial charge >= 0.3 is 0 Å². The zero-order valence-electron chi connectivity index (χ0n) is 7.70. The van der Waals surface area contributed by atoms with Gasteiger partial charge in [-0.1, -0.05) is 6.07 Å². The van der Waals surface area contributed by atoms with Gasteiger partial charge in [-0.2, -0.15) is 0 Å². The average molecular weight is 279 g/mol. The molecule has 0 fully saturated rings. The molecule has 0 radical (unpaired) electrons. The van der Waals surface area contributed by atoms with Crippen molar-refractivity contribution in [2.24, 2.45) is 0 Å². The molecule has 0 saturated carbocycles. The second kappa shape index (κ2) is 4.42. The summed E-state index contributed by atoms with van der Waals surface area (Å²) in [7, 11) is -3.35. The summed E-state index contributed by atoms with van der Waals surface area (Å²) in [5, 5.41) is 8.61. The van der Waals surface area contributed by atoms with Crippen molar-refractivity contribution in [1.82, 2.24) is 0 Å². The molecule has 0 atom stereocenters. The topological polar surface area (TPSA) is 54.4 Å². The quantitative estimate of drug-likeness (QED) is 0.912. The van der Waals surface area contributed by atoms with Crippen LogP contribution in [0.4, 0.5) is 0 Å². The van der Waals surface area contributed by atoms with Gasteiger partial charge in [-0.05, 0) is 40.5 Å². The van der Waals surface area contributed by atoms with Crippen LogP contribution in [0, 0.1) is 6.92 Å². The zero-order chi connectivity index (χ0) is 10.8. The lowest BCUT2D eigenvalue weighted by atomic mass is 10.2. The monoisotopic (exact) mass is 278 g/mol. The van der Waals surface area contributed by atoms with Crippen LogP contribution in [0.5, 0.6) is 0 Å². The fourth-order valence-corrected chi connectivity index (χ4v) is 3.41. The summed E-state index contributed by atoms with van der Waals surface area (Å²) in [6.45, 7) is 1.52. The highest BCUT2D eigenvalue weighted by atomic mass is 79.9. The molecule has 0 aromatic heterocycles. The van der Waals surface area contributed by atoms with Gasteiger partial charge in [0.05, 0.1) is 17.3 Å². The molecular formula is C9H11BrO3S. The molecular weight excluding hydrogens is 268 g/mol. The van der Waals surface area contributed by atoms with Gasteiger partial charge in [-0.25, -0.2) is 8.42 Å².